The SMILES string of the molecule is CNC(=O)[C@@H](C)N(Cc1ccccc1F)C(=O)CN(c1ccc(C)cc1)S(=O)(=O)c1ccc(OC)cc1. The third kappa shape index (κ3) is 6.45. The normalized spacial score (nSPS) is 11.9. The van der Waals surface area contributed by atoms with Crippen LogP contribution in [-0.4, -0.2) is 51.9 Å². The molecule has 0 fully saturated rings. The second-order valence-electron chi connectivity index (χ2n) is 8.43. The van der Waals surface area contributed by atoms with Gasteiger partial charge in [0.1, 0.15) is 24.2 Å². The van der Waals surface area contributed by atoms with E-state index < -0.39 is 40.2 Å². The monoisotopic (exact) mass is 527 g/mol. The molecule has 0 aliphatic carbocycles. The van der Waals surface area contributed by atoms with E-state index in [9.17, 15) is 22.4 Å². The summed E-state index contributed by atoms with van der Waals surface area (Å²) < 4.78 is 48.0. The minimum absolute atomic E-state index is 0.0401. The van der Waals surface area contributed by atoms with E-state index in [1.807, 2.05) is 6.92 Å². The van der Waals surface area contributed by atoms with Gasteiger partial charge in [0.25, 0.3) is 10.0 Å². The van der Waals surface area contributed by atoms with Gasteiger partial charge < -0.3 is 15.0 Å². The van der Waals surface area contributed by atoms with Crippen molar-refractivity contribution in [3.05, 3.63) is 89.7 Å². The third-order valence-corrected chi connectivity index (χ3v) is 7.75. The zero-order chi connectivity index (χ0) is 27.2. The topological polar surface area (TPSA) is 96.0 Å². The average Bonchev–Trinajstić information content (AvgIpc) is 2.90. The maximum Gasteiger partial charge on any atom is 0.264 e. The molecule has 10 heteroatoms. The molecule has 1 N–H and O–H groups in total. The molecular formula is C27H30FN3O5S. The highest BCUT2D eigenvalue weighted by Gasteiger charge is 2.32. The Kier molecular flexibility index (Phi) is 8.88. The lowest BCUT2D eigenvalue weighted by atomic mass is 10.1. The molecule has 1 atom stereocenters. The number of nitrogens with one attached hydrogen (secondary N) is 1. The Balaban J connectivity index is 2.03. The first-order chi connectivity index (χ1) is 17.6. The van der Waals surface area contributed by atoms with Crippen LogP contribution in [0.4, 0.5) is 10.1 Å². The zero-order valence-electron chi connectivity index (χ0n) is 21.1. The molecular weight excluding hydrogens is 497 g/mol. The number of anilines is 1. The summed E-state index contributed by atoms with van der Waals surface area (Å²) in [5, 5.41) is 2.49. The fraction of sp³-hybridized carbons (Fsp3) is 0.259. The number of methoxy groups -OCH3 is 1. The van der Waals surface area contributed by atoms with Gasteiger partial charge in [0.05, 0.1) is 17.7 Å². The van der Waals surface area contributed by atoms with Crippen molar-refractivity contribution in [1.29, 1.82) is 0 Å². The molecule has 0 aliphatic heterocycles. The highest BCUT2D eigenvalue weighted by molar-refractivity contribution is 7.92. The van der Waals surface area contributed by atoms with E-state index in [0.29, 0.717) is 5.75 Å². The fourth-order valence-corrected chi connectivity index (χ4v) is 5.13. The molecule has 3 aromatic carbocycles. The molecule has 0 saturated heterocycles. The van der Waals surface area contributed by atoms with E-state index in [-0.39, 0.29) is 22.7 Å². The molecule has 3 rings (SSSR count). The predicted octanol–water partition coefficient (Wildman–Crippen LogP) is 3.50. The smallest absolute Gasteiger partial charge is 0.264 e. The molecule has 0 aliphatic rings. The number of nitrogens with zero attached hydrogens (tertiary/aromatic N) is 2. The Morgan fingerprint density at radius 1 is 1.00 bits per heavy atom. The van der Waals surface area contributed by atoms with Crippen molar-refractivity contribution < 1.29 is 27.1 Å². The quantitative estimate of drug-likeness (QED) is 0.436. The van der Waals surface area contributed by atoms with Crippen LogP contribution in [0.1, 0.15) is 18.1 Å². The highest BCUT2D eigenvalue weighted by Crippen LogP contribution is 2.26. The lowest BCUT2D eigenvalue weighted by molar-refractivity contribution is -0.139. The van der Waals surface area contributed by atoms with Crippen LogP contribution < -0.4 is 14.4 Å². The van der Waals surface area contributed by atoms with E-state index >= 15 is 0 Å². The number of benzene rings is 3. The lowest BCUT2D eigenvalue weighted by Gasteiger charge is -2.31. The summed E-state index contributed by atoms with van der Waals surface area (Å²) in [4.78, 5) is 27.2. The van der Waals surface area contributed by atoms with Gasteiger partial charge in [-0.2, -0.15) is 0 Å². The van der Waals surface area contributed by atoms with Crippen LogP contribution in [0.25, 0.3) is 0 Å². The summed E-state index contributed by atoms with van der Waals surface area (Å²) in [5.41, 5.74) is 1.38. The molecule has 37 heavy (non-hydrogen) atoms. The van der Waals surface area contributed by atoms with Crippen LogP contribution in [0, 0.1) is 12.7 Å². The summed E-state index contributed by atoms with van der Waals surface area (Å²) >= 11 is 0. The van der Waals surface area contributed by atoms with Crippen LogP contribution >= 0.6 is 0 Å². The van der Waals surface area contributed by atoms with Gasteiger partial charge in [0, 0.05) is 19.2 Å². The number of rotatable bonds is 10. The van der Waals surface area contributed by atoms with Crippen LogP contribution in [-0.2, 0) is 26.2 Å². The van der Waals surface area contributed by atoms with E-state index in [1.54, 1.807) is 30.3 Å². The molecule has 0 unspecified atom stereocenters. The van der Waals surface area contributed by atoms with Gasteiger partial charge in [0.15, 0.2) is 0 Å². The second-order valence-corrected chi connectivity index (χ2v) is 10.3. The van der Waals surface area contributed by atoms with E-state index in [4.69, 9.17) is 4.74 Å². The van der Waals surface area contributed by atoms with E-state index in [2.05, 4.69) is 5.32 Å². The van der Waals surface area contributed by atoms with Crippen molar-refractivity contribution in [3.8, 4) is 5.75 Å². The summed E-state index contributed by atoms with van der Waals surface area (Å²) in [6.45, 7) is 2.54. The second kappa shape index (κ2) is 11.9. The third-order valence-electron chi connectivity index (χ3n) is 5.96. The lowest BCUT2D eigenvalue weighted by Crippen LogP contribution is -2.50. The van der Waals surface area contributed by atoms with E-state index in [1.165, 1.54) is 68.4 Å². The number of carbonyl (C=O) groups is 2. The molecule has 0 bridgehead atoms. The summed E-state index contributed by atoms with van der Waals surface area (Å²) in [7, 11) is -1.30. The molecule has 0 heterocycles. The molecule has 3 aromatic rings. The number of amides is 2. The highest BCUT2D eigenvalue weighted by atomic mass is 32.2. The van der Waals surface area contributed by atoms with Crippen LogP contribution in [0.15, 0.2) is 77.7 Å². The van der Waals surface area contributed by atoms with Crippen molar-refractivity contribution in [2.24, 2.45) is 0 Å². The molecule has 196 valence electrons. The fourth-order valence-electron chi connectivity index (χ4n) is 3.72. The average molecular weight is 528 g/mol. The van der Waals surface area contributed by atoms with Crippen LogP contribution in [0.5, 0.6) is 5.75 Å². The Labute approximate surface area is 216 Å². The first kappa shape index (κ1) is 27.7. The number of halogens is 1. The van der Waals surface area contributed by atoms with Crippen molar-refractivity contribution >= 4 is 27.5 Å². The summed E-state index contributed by atoms with van der Waals surface area (Å²) in [6, 6.07) is 17.4. The van der Waals surface area contributed by atoms with Gasteiger partial charge in [-0.25, -0.2) is 12.8 Å². The Morgan fingerprint density at radius 3 is 2.19 bits per heavy atom. The maximum absolute atomic E-state index is 14.4. The van der Waals surface area contributed by atoms with E-state index in [0.717, 1.165) is 9.87 Å². The molecule has 0 radical (unpaired) electrons. The van der Waals surface area contributed by atoms with Gasteiger partial charge in [-0.05, 0) is 56.3 Å². The molecule has 0 aromatic heterocycles. The Bertz CT molecular complexity index is 1350. The van der Waals surface area contributed by atoms with Crippen LogP contribution in [0.3, 0.4) is 0 Å². The number of likely N-dealkylation sites (N-methyl/N-ethyl adjacent to an activating group) is 1. The predicted molar refractivity (Wildman–Crippen MR) is 139 cm³/mol. The van der Waals surface area contributed by atoms with Crippen molar-refractivity contribution in [1.82, 2.24) is 10.2 Å². The van der Waals surface area contributed by atoms with Gasteiger partial charge in [0.2, 0.25) is 11.8 Å². The van der Waals surface area contributed by atoms with Gasteiger partial charge >= 0.3 is 0 Å². The van der Waals surface area contributed by atoms with Crippen molar-refractivity contribution in [2.75, 3.05) is 25.0 Å². The van der Waals surface area contributed by atoms with Crippen molar-refractivity contribution in [3.63, 3.8) is 0 Å². The summed E-state index contributed by atoms with van der Waals surface area (Å²) in [5.74, 6) is -1.19. The van der Waals surface area contributed by atoms with Crippen LogP contribution in [0.2, 0.25) is 0 Å². The standard InChI is InChI=1S/C27H30FN3O5S/c1-19-9-11-22(12-10-19)31(37(34,35)24-15-13-23(36-4)14-16-24)18-26(32)30(20(2)27(33)29-3)17-21-7-5-6-8-25(21)28/h5-16,20H,17-18H2,1-4H3,(H,29,33)/t20-/m1/s1. The maximum atomic E-state index is 14.4. The summed E-state index contributed by atoms with van der Waals surface area (Å²) in [6.07, 6.45) is 0. The zero-order valence-corrected chi connectivity index (χ0v) is 22.0. The molecule has 0 saturated carbocycles. The number of sulfonamides is 1. The molecule has 0 spiro atoms. The Hall–Kier alpha value is -3.92. The number of hydrogen-bond acceptors (Lipinski definition) is 5. The van der Waals surface area contributed by atoms with Gasteiger partial charge in [-0.3, -0.25) is 13.9 Å². The largest absolute Gasteiger partial charge is 0.497 e. The minimum Gasteiger partial charge on any atom is -0.497 e. The number of aryl methyl sites for hydroxylation is 1. The van der Waals surface area contributed by atoms with Gasteiger partial charge in [-0.1, -0.05) is 35.9 Å². The number of ether oxygens (including phenoxy) is 1. The molecule has 2 amide bonds. The first-order valence-corrected chi connectivity index (χ1v) is 13.0. The number of hydrogen-bond donors (Lipinski definition) is 1. The van der Waals surface area contributed by atoms with Gasteiger partial charge in [-0.15, -0.1) is 0 Å². The van der Waals surface area contributed by atoms with Crippen molar-refractivity contribution in [2.45, 2.75) is 31.3 Å². The number of carbonyl (C=O) groups excluding carboxylic acids is 2. The Morgan fingerprint density at radius 2 is 1.62 bits per heavy atom. The first-order valence-electron chi connectivity index (χ1n) is 11.6. The minimum atomic E-state index is -4.20. The molecule has 8 nitrogen and oxygen atoms in total.